The number of benzene rings is 1. The quantitative estimate of drug-likeness (QED) is 0.382. The molecule has 0 fully saturated rings. The molecule has 2 aromatic heterocycles. The number of carbonyl (C=O) groups excluding carboxylic acids is 1. The predicted octanol–water partition coefficient (Wildman–Crippen LogP) is 3.65. The number of nitrogens with two attached hydrogens (primary N) is 1. The van der Waals surface area contributed by atoms with Gasteiger partial charge in [0.1, 0.15) is 11.8 Å². The van der Waals surface area contributed by atoms with Gasteiger partial charge < -0.3 is 15.8 Å². The van der Waals surface area contributed by atoms with Crippen LogP contribution in [0.1, 0.15) is 26.8 Å². The van der Waals surface area contributed by atoms with Gasteiger partial charge in [0.05, 0.1) is 24.2 Å². The summed E-state index contributed by atoms with van der Waals surface area (Å²) in [5.41, 5.74) is 5.82. The normalized spacial score (nSPS) is 12.4. The highest BCUT2D eigenvalue weighted by Crippen LogP contribution is 2.37. The fraction of sp³-hybridized carbons (Fsp3) is 0.333. The Bertz CT molecular complexity index is 1350. The average molecular weight is 526 g/mol. The third-order valence-electron chi connectivity index (χ3n) is 4.65. The number of sulfonamides is 1. The highest BCUT2D eigenvalue weighted by Gasteiger charge is 2.22. The molecule has 1 unspecified atom stereocenters. The molecule has 1 aromatic carbocycles. The first-order valence-electron chi connectivity index (χ1n) is 10.4. The number of rotatable bonds is 9. The van der Waals surface area contributed by atoms with Crippen LogP contribution in [0.3, 0.4) is 0 Å². The Kier molecular flexibility index (Phi) is 7.80. The van der Waals surface area contributed by atoms with Crippen LogP contribution in [0.4, 0.5) is 20.8 Å². The van der Waals surface area contributed by atoms with Gasteiger partial charge >= 0.3 is 6.09 Å². The molecule has 1 atom stereocenters. The van der Waals surface area contributed by atoms with E-state index in [1.54, 1.807) is 23.9 Å². The van der Waals surface area contributed by atoms with Crippen LogP contribution < -0.4 is 15.8 Å². The van der Waals surface area contributed by atoms with Crippen LogP contribution >= 0.6 is 11.6 Å². The first kappa shape index (κ1) is 26.2. The van der Waals surface area contributed by atoms with Crippen LogP contribution in [0.15, 0.2) is 30.6 Å². The van der Waals surface area contributed by atoms with E-state index in [1.165, 1.54) is 18.3 Å². The maximum absolute atomic E-state index is 15.4. The zero-order chi connectivity index (χ0) is 25.9. The Hall–Kier alpha value is -3.45. The van der Waals surface area contributed by atoms with E-state index in [2.05, 4.69) is 25.1 Å². The van der Waals surface area contributed by atoms with Gasteiger partial charge in [0.25, 0.3) is 0 Å². The van der Waals surface area contributed by atoms with Crippen LogP contribution in [-0.2, 0) is 14.8 Å². The van der Waals surface area contributed by atoms with E-state index in [0.717, 1.165) is 6.26 Å². The Balaban J connectivity index is 2.06. The largest absolute Gasteiger partial charge is 0.445 e. The van der Waals surface area contributed by atoms with E-state index in [4.69, 9.17) is 22.1 Å². The lowest BCUT2D eigenvalue weighted by Crippen LogP contribution is -2.26. The summed E-state index contributed by atoms with van der Waals surface area (Å²) >= 11 is 6.18. The van der Waals surface area contributed by atoms with Crippen LogP contribution in [0.2, 0.25) is 5.02 Å². The Morgan fingerprint density at radius 3 is 2.63 bits per heavy atom. The fourth-order valence-electron chi connectivity index (χ4n) is 3.15. The molecule has 0 bridgehead atoms. The number of amides is 1. The lowest BCUT2D eigenvalue weighted by molar-refractivity contribution is 0.122. The number of carbonyl (C=O) groups is 1. The van der Waals surface area contributed by atoms with Gasteiger partial charge in [0, 0.05) is 34.6 Å². The number of aromatic nitrogens is 4. The zero-order valence-electron chi connectivity index (χ0n) is 19.4. The zero-order valence-corrected chi connectivity index (χ0v) is 21.0. The van der Waals surface area contributed by atoms with Gasteiger partial charge in [0.15, 0.2) is 5.82 Å². The molecule has 11 nitrogen and oxygen atoms in total. The van der Waals surface area contributed by atoms with Crippen molar-refractivity contribution in [1.29, 1.82) is 0 Å². The van der Waals surface area contributed by atoms with Gasteiger partial charge in [0.2, 0.25) is 16.0 Å². The van der Waals surface area contributed by atoms with E-state index in [1.807, 2.05) is 13.8 Å². The van der Waals surface area contributed by atoms with Crippen LogP contribution in [0.5, 0.6) is 0 Å². The van der Waals surface area contributed by atoms with Crippen molar-refractivity contribution in [3.63, 3.8) is 0 Å². The number of anilines is 2. The molecule has 0 spiro atoms. The third kappa shape index (κ3) is 6.79. The van der Waals surface area contributed by atoms with Gasteiger partial charge in [-0.1, -0.05) is 11.6 Å². The number of nitrogens with zero attached hydrogens (tertiary/aromatic N) is 4. The minimum atomic E-state index is -3.75. The summed E-state index contributed by atoms with van der Waals surface area (Å²) in [6.45, 7) is 5.65. The minimum Gasteiger partial charge on any atom is -0.445 e. The van der Waals surface area contributed by atoms with E-state index < -0.39 is 28.0 Å². The van der Waals surface area contributed by atoms with Gasteiger partial charge in [-0.15, -0.1) is 0 Å². The van der Waals surface area contributed by atoms with Crippen LogP contribution in [0, 0.1) is 5.82 Å². The molecule has 0 saturated heterocycles. The second-order valence-electron chi connectivity index (χ2n) is 8.05. The second-order valence-corrected chi connectivity index (χ2v) is 10.2. The summed E-state index contributed by atoms with van der Waals surface area (Å²) in [5.74, 6) is -0.600. The molecule has 3 aromatic rings. The highest BCUT2D eigenvalue weighted by atomic mass is 35.5. The minimum absolute atomic E-state index is 0.00495. The molecule has 3 rings (SSSR count). The molecule has 0 saturated carbocycles. The molecule has 0 aliphatic carbocycles. The summed E-state index contributed by atoms with van der Waals surface area (Å²) in [4.78, 5) is 19.5. The van der Waals surface area contributed by atoms with E-state index in [9.17, 15) is 13.2 Å². The molecular formula is C21H25ClFN7O4S. The molecule has 14 heteroatoms. The van der Waals surface area contributed by atoms with E-state index in [0.29, 0.717) is 11.3 Å². The molecule has 2 heterocycles. The molecule has 35 heavy (non-hydrogen) atoms. The Labute approximate surface area is 206 Å². The summed E-state index contributed by atoms with van der Waals surface area (Å²) < 4.78 is 47.5. The number of primary amides is 1. The molecule has 0 aliphatic rings. The predicted molar refractivity (Wildman–Crippen MR) is 131 cm³/mol. The second kappa shape index (κ2) is 10.4. The molecule has 0 aliphatic heterocycles. The molecule has 4 N–H and O–H groups in total. The highest BCUT2D eigenvalue weighted by molar-refractivity contribution is 7.92. The van der Waals surface area contributed by atoms with Crippen molar-refractivity contribution in [2.24, 2.45) is 5.73 Å². The average Bonchev–Trinajstić information content (AvgIpc) is 3.19. The topological polar surface area (TPSA) is 154 Å². The number of hydrogen-bond donors (Lipinski definition) is 3. The molecular weight excluding hydrogens is 501 g/mol. The number of hydrogen-bond acceptors (Lipinski definition) is 8. The molecule has 0 radical (unpaired) electrons. The molecule has 188 valence electrons. The standard InChI is InChI=1S/C21H25ClFN7O4S/c1-11(2)30-10-15(16-5-6-25-21(27-16)26-9-12(3)34-20(24)31)19(28-30)14-7-13(22)8-17(18(14)23)29-35(4,32)33/h5-8,10-12,29H,9H2,1-4H3,(H2,24,31)(H,25,26,27). The van der Waals surface area contributed by atoms with Crippen molar-refractivity contribution >= 4 is 39.4 Å². The Morgan fingerprint density at radius 1 is 1.29 bits per heavy atom. The van der Waals surface area contributed by atoms with Gasteiger partial charge in [-0.25, -0.2) is 27.6 Å². The van der Waals surface area contributed by atoms with Crippen molar-refractivity contribution in [3.8, 4) is 22.5 Å². The number of halogens is 2. The van der Waals surface area contributed by atoms with Crippen LogP contribution in [0.25, 0.3) is 22.5 Å². The SMILES string of the molecule is CC(CNc1nccc(-c2cn(C(C)C)nc2-c2cc(Cl)cc(NS(C)(=O)=O)c2F)n1)OC(N)=O. The van der Waals surface area contributed by atoms with Crippen molar-refractivity contribution in [2.75, 3.05) is 22.8 Å². The maximum Gasteiger partial charge on any atom is 0.404 e. The van der Waals surface area contributed by atoms with Gasteiger partial charge in [-0.2, -0.15) is 5.10 Å². The monoisotopic (exact) mass is 525 g/mol. The smallest absolute Gasteiger partial charge is 0.404 e. The lowest BCUT2D eigenvalue weighted by atomic mass is 10.0. The summed E-state index contributed by atoms with van der Waals surface area (Å²) in [6.07, 6.45) is 2.70. The first-order valence-corrected chi connectivity index (χ1v) is 12.7. The maximum atomic E-state index is 15.4. The Morgan fingerprint density at radius 2 is 2.00 bits per heavy atom. The van der Waals surface area contributed by atoms with Gasteiger partial charge in [-0.05, 0) is 39.0 Å². The van der Waals surface area contributed by atoms with Crippen molar-refractivity contribution in [3.05, 3.63) is 41.4 Å². The van der Waals surface area contributed by atoms with E-state index >= 15 is 4.39 Å². The van der Waals surface area contributed by atoms with Crippen molar-refractivity contribution < 1.29 is 22.3 Å². The third-order valence-corrected chi connectivity index (χ3v) is 5.45. The number of ether oxygens (including phenoxy) is 1. The number of nitrogens with one attached hydrogen (secondary N) is 2. The van der Waals surface area contributed by atoms with Gasteiger partial charge in [-0.3, -0.25) is 9.40 Å². The van der Waals surface area contributed by atoms with Crippen molar-refractivity contribution in [1.82, 2.24) is 19.7 Å². The first-order chi connectivity index (χ1) is 16.3. The lowest BCUT2D eigenvalue weighted by Gasteiger charge is -2.13. The summed E-state index contributed by atoms with van der Waals surface area (Å²) in [6, 6.07) is 4.11. The van der Waals surface area contributed by atoms with Crippen molar-refractivity contribution in [2.45, 2.75) is 32.9 Å². The summed E-state index contributed by atoms with van der Waals surface area (Å²) in [7, 11) is -3.75. The molecule has 1 amide bonds. The van der Waals surface area contributed by atoms with Crippen LogP contribution in [-0.4, -0.2) is 53.2 Å². The van der Waals surface area contributed by atoms with E-state index in [-0.39, 0.29) is 40.5 Å². The fourth-order valence-corrected chi connectivity index (χ4v) is 3.91. The summed E-state index contributed by atoms with van der Waals surface area (Å²) in [5, 5.41) is 7.59.